The molecule has 0 saturated carbocycles. The van der Waals surface area contributed by atoms with Crippen LogP contribution in [-0.2, 0) is 14.3 Å². The first-order valence-electron chi connectivity index (χ1n) is 6.28. The van der Waals surface area contributed by atoms with Gasteiger partial charge in [-0.15, -0.1) is 0 Å². The van der Waals surface area contributed by atoms with Gasteiger partial charge in [0.05, 0.1) is 12.1 Å². The van der Waals surface area contributed by atoms with Crippen molar-refractivity contribution in [1.29, 1.82) is 0 Å². The molecule has 1 saturated heterocycles. The maximum Gasteiger partial charge on any atom is 0.316 e. The van der Waals surface area contributed by atoms with Crippen molar-refractivity contribution in [2.24, 2.45) is 11.3 Å². The van der Waals surface area contributed by atoms with Crippen molar-refractivity contribution in [3.63, 3.8) is 0 Å². The number of hydrogen-bond acceptors (Lipinski definition) is 3. The number of aliphatic carboxylic acids is 1. The van der Waals surface area contributed by atoms with Crippen LogP contribution in [0.1, 0.15) is 40.5 Å². The lowest BCUT2D eigenvalue weighted by atomic mass is 9.79. The molecule has 0 aliphatic carbocycles. The maximum absolute atomic E-state index is 12.2. The van der Waals surface area contributed by atoms with Crippen LogP contribution in [0, 0.1) is 11.3 Å². The molecule has 5 heteroatoms. The van der Waals surface area contributed by atoms with Gasteiger partial charge in [0, 0.05) is 6.61 Å². The molecule has 5 nitrogen and oxygen atoms in total. The first kappa shape index (κ1) is 15.0. The molecule has 1 heterocycles. The second kappa shape index (κ2) is 5.26. The van der Waals surface area contributed by atoms with Crippen molar-refractivity contribution >= 4 is 11.9 Å². The molecular formula is C13H23NO4. The first-order valence-corrected chi connectivity index (χ1v) is 6.28. The third kappa shape index (κ3) is 3.70. The summed E-state index contributed by atoms with van der Waals surface area (Å²) in [5.74, 6) is -2.56. The molecule has 0 bridgehead atoms. The fraction of sp³-hybridized carbons (Fsp3) is 0.846. The zero-order valence-electron chi connectivity index (χ0n) is 11.6. The summed E-state index contributed by atoms with van der Waals surface area (Å²) in [5.41, 5.74) is -1.06. The molecule has 0 radical (unpaired) electrons. The second-order valence-electron chi connectivity index (χ2n) is 6.34. The SMILES string of the molecule is CC1(NC(=O)C(C(=O)O)C(C)(C)C)CCCOC1. The Morgan fingerprint density at radius 2 is 2.00 bits per heavy atom. The van der Waals surface area contributed by atoms with E-state index in [2.05, 4.69) is 5.32 Å². The monoisotopic (exact) mass is 257 g/mol. The van der Waals surface area contributed by atoms with Crippen molar-refractivity contribution in [2.45, 2.75) is 46.1 Å². The van der Waals surface area contributed by atoms with Crippen LogP contribution in [0.15, 0.2) is 0 Å². The van der Waals surface area contributed by atoms with Gasteiger partial charge in [0.15, 0.2) is 0 Å². The van der Waals surface area contributed by atoms with E-state index in [0.717, 1.165) is 12.8 Å². The fourth-order valence-electron chi connectivity index (χ4n) is 2.28. The van der Waals surface area contributed by atoms with Crippen molar-refractivity contribution in [3.8, 4) is 0 Å². The van der Waals surface area contributed by atoms with E-state index in [1.165, 1.54) is 0 Å². The lowest BCUT2D eigenvalue weighted by Gasteiger charge is -2.36. The van der Waals surface area contributed by atoms with E-state index in [1.807, 2.05) is 6.92 Å². The number of carboxylic acid groups (broad SMARTS) is 1. The van der Waals surface area contributed by atoms with Crippen LogP contribution in [0.3, 0.4) is 0 Å². The standard InChI is InChI=1S/C13H23NO4/c1-12(2,3)9(11(16)17)10(15)14-13(4)6-5-7-18-8-13/h9H,5-8H2,1-4H3,(H,14,15)(H,16,17). The zero-order valence-corrected chi connectivity index (χ0v) is 11.6. The molecule has 0 aromatic rings. The molecule has 1 aliphatic rings. The molecular weight excluding hydrogens is 234 g/mol. The maximum atomic E-state index is 12.2. The van der Waals surface area contributed by atoms with Crippen LogP contribution < -0.4 is 5.32 Å². The first-order chi connectivity index (χ1) is 8.16. The summed E-state index contributed by atoms with van der Waals surface area (Å²) in [4.78, 5) is 23.4. The van der Waals surface area contributed by atoms with E-state index in [9.17, 15) is 14.7 Å². The molecule has 18 heavy (non-hydrogen) atoms. The van der Waals surface area contributed by atoms with E-state index in [-0.39, 0.29) is 0 Å². The van der Waals surface area contributed by atoms with E-state index in [0.29, 0.717) is 13.2 Å². The highest BCUT2D eigenvalue weighted by atomic mass is 16.5. The predicted octanol–water partition coefficient (Wildman–Crippen LogP) is 1.42. The molecule has 104 valence electrons. The van der Waals surface area contributed by atoms with Crippen LogP contribution in [0.4, 0.5) is 0 Å². The van der Waals surface area contributed by atoms with Gasteiger partial charge in [-0.2, -0.15) is 0 Å². The van der Waals surface area contributed by atoms with Crippen LogP contribution >= 0.6 is 0 Å². The Labute approximate surface area is 108 Å². The van der Waals surface area contributed by atoms with Gasteiger partial charge in [-0.25, -0.2) is 0 Å². The van der Waals surface area contributed by atoms with Crippen LogP contribution in [0.5, 0.6) is 0 Å². The Bertz CT molecular complexity index is 326. The lowest BCUT2D eigenvalue weighted by molar-refractivity contribution is -0.152. The molecule has 0 spiro atoms. The molecule has 1 fully saturated rings. The van der Waals surface area contributed by atoms with E-state index < -0.39 is 28.7 Å². The highest BCUT2D eigenvalue weighted by molar-refractivity contribution is 5.98. The van der Waals surface area contributed by atoms with Gasteiger partial charge in [-0.3, -0.25) is 9.59 Å². The third-order valence-corrected chi connectivity index (χ3v) is 3.24. The number of hydrogen-bond donors (Lipinski definition) is 2. The highest BCUT2D eigenvalue weighted by Gasteiger charge is 2.40. The molecule has 0 aromatic heterocycles. The molecule has 2 unspecified atom stereocenters. The quantitative estimate of drug-likeness (QED) is 0.750. The largest absolute Gasteiger partial charge is 0.481 e. The molecule has 2 N–H and O–H groups in total. The summed E-state index contributed by atoms with van der Waals surface area (Å²) in [7, 11) is 0. The number of rotatable bonds is 3. The molecule has 1 amide bonds. The smallest absolute Gasteiger partial charge is 0.316 e. The Hall–Kier alpha value is -1.10. The fourth-order valence-corrected chi connectivity index (χ4v) is 2.28. The van der Waals surface area contributed by atoms with Gasteiger partial charge < -0.3 is 15.2 Å². The zero-order chi connectivity index (χ0) is 14.0. The third-order valence-electron chi connectivity index (χ3n) is 3.24. The minimum Gasteiger partial charge on any atom is -0.481 e. The van der Waals surface area contributed by atoms with Gasteiger partial charge in [0.1, 0.15) is 5.92 Å². The summed E-state index contributed by atoms with van der Waals surface area (Å²) >= 11 is 0. The lowest BCUT2D eigenvalue weighted by Crippen LogP contribution is -2.55. The van der Waals surface area contributed by atoms with Crippen LogP contribution in [0.25, 0.3) is 0 Å². The molecule has 2 atom stereocenters. The van der Waals surface area contributed by atoms with Gasteiger partial charge in [0.25, 0.3) is 0 Å². The van der Waals surface area contributed by atoms with Crippen molar-refractivity contribution in [2.75, 3.05) is 13.2 Å². The predicted molar refractivity (Wildman–Crippen MR) is 67.2 cm³/mol. The van der Waals surface area contributed by atoms with Gasteiger partial charge in [0.2, 0.25) is 5.91 Å². The summed E-state index contributed by atoms with van der Waals surface area (Å²) in [6.07, 6.45) is 1.69. The van der Waals surface area contributed by atoms with Crippen molar-refractivity contribution in [1.82, 2.24) is 5.32 Å². The van der Waals surface area contributed by atoms with E-state index in [4.69, 9.17) is 4.74 Å². The minimum atomic E-state index is -1.08. The van der Waals surface area contributed by atoms with E-state index >= 15 is 0 Å². The normalized spacial score (nSPS) is 26.4. The Balaban J connectivity index is 2.76. The minimum absolute atomic E-state index is 0.428. The Kier molecular flexibility index (Phi) is 4.37. The van der Waals surface area contributed by atoms with E-state index in [1.54, 1.807) is 20.8 Å². The topological polar surface area (TPSA) is 75.6 Å². The van der Waals surface area contributed by atoms with Gasteiger partial charge >= 0.3 is 5.97 Å². The number of carboxylic acids is 1. The number of carbonyl (C=O) groups is 2. The average Bonchev–Trinajstić information content (AvgIpc) is 2.13. The Morgan fingerprint density at radius 3 is 2.39 bits per heavy atom. The Morgan fingerprint density at radius 1 is 1.39 bits per heavy atom. The van der Waals surface area contributed by atoms with Crippen LogP contribution in [-0.4, -0.2) is 35.7 Å². The molecule has 1 rings (SSSR count). The highest BCUT2D eigenvalue weighted by Crippen LogP contribution is 2.28. The summed E-state index contributed by atoms with van der Waals surface area (Å²) in [6.45, 7) is 8.30. The number of amides is 1. The molecule has 1 aliphatic heterocycles. The van der Waals surface area contributed by atoms with Gasteiger partial charge in [-0.1, -0.05) is 20.8 Å². The summed E-state index contributed by atoms with van der Waals surface area (Å²) in [5, 5.41) is 12.0. The van der Waals surface area contributed by atoms with Crippen LogP contribution in [0.2, 0.25) is 0 Å². The summed E-state index contributed by atoms with van der Waals surface area (Å²) in [6, 6.07) is 0. The number of ether oxygens (including phenoxy) is 1. The average molecular weight is 257 g/mol. The number of carbonyl (C=O) groups excluding carboxylic acids is 1. The van der Waals surface area contributed by atoms with Crippen molar-refractivity contribution < 1.29 is 19.4 Å². The van der Waals surface area contributed by atoms with Crippen molar-refractivity contribution in [3.05, 3.63) is 0 Å². The number of nitrogens with one attached hydrogen (secondary N) is 1. The van der Waals surface area contributed by atoms with Gasteiger partial charge in [-0.05, 0) is 25.2 Å². The summed E-state index contributed by atoms with van der Waals surface area (Å²) < 4.78 is 5.35. The second-order valence-corrected chi connectivity index (χ2v) is 6.34. The molecule has 0 aromatic carbocycles.